The summed E-state index contributed by atoms with van der Waals surface area (Å²) in [7, 11) is -2.23. The van der Waals surface area contributed by atoms with Crippen LogP contribution in [0, 0.1) is 0 Å². The molecule has 2 atom stereocenters. The van der Waals surface area contributed by atoms with Crippen LogP contribution in [-0.4, -0.2) is 63.7 Å². The monoisotopic (exact) mass is 519 g/mol. The second-order valence-corrected chi connectivity index (χ2v) is 10.5. The minimum atomic E-state index is -3.79. The van der Waals surface area contributed by atoms with Crippen molar-refractivity contribution in [3.8, 4) is 11.5 Å². The Morgan fingerprint density at radius 3 is 2.06 bits per heavy atom. The van der Waals surface area contributed by atoms with Crippen LogP contribution in [0.4, 0.5) is 5.69 Å². The van der Waals surface area contributed by atoms with E-state index in [-0.39, 0.29) is 18.5 Å². The Hall–Kier alpha value is -3.27. The number of benzene rings is 2. The molecule has 2 rings (SSSR count). The largest absolute Gasteiger partial charge is 0.497 e. The molecule has 0 saturated carbocycles. The zero-order valence-corrected chi connectivity index (χ0v) is 22.7. The van der Waals surface area contributed by atoms with Crippen LogP contribution < -0.4 is 19.1 Å². The molecule has 0 aliphatic rings. The Balaban J connectivity index is 2.36. The van der Waals surface area contributed by atoms with E-state index in [9.17, 15) is 18.0 Å². The van der Waals surface area contributed by atoms with Gasteiger partial charge in [-0.25, -0.2) is 8.42 Å². The van der Waals surface area contributed by atoms with Crippen LogP contribution >= 0.6 is 0 Å². The lowest BCUT2D eigenvalue weighted by Gasteiger charge is -2.32. The third-order valence-corrected chi connectivity index (χ3v) is 6.94. The van der Waals surface area contributed by atoms with Crippen LogP contribution in [0.3, 0.4) is 0 Å². The minimum Gasteiger partial charge on any atom is -0.497 e. The molecule has 0 aliphatic heterocycles. The van der Waals surface area contributed by atoms with E-state index in [1.807, 2.05) is 20.8 Å². The van der Waals surface area contributed by atoms with Crippen molar-refractivity contribution in [2.24, 2.45) is 0 Å². The van der Waals surface area contributed by atoms with E-state index in [0.29, 0.717) is 23.8 Å². The third-order valence-electron chi connectivity index (χ3n) is 5.80. The highest BCUT2D eigenvalue weighted by atomic mass is 32.2. The summed E-state index contributed by atoms with van der Waals surface area (Å²) in [5.41, 5.74) is 1.11. The lowest BCUT2D eigenvalue weighted by Crippen LogP contribution is -2.52. The fraction of sp³-hybridized carbons (Fsp3) is 0.462. The first kappa shape index (κ1) is 29.0. The number of anilines is 1. The molecule has 36 heavy (non-hydrogen) atoms. The molecule has 2 aromatic rings. The maximum absolute atomic E-state index is 13.6. The van der Waals surface area contributed by atoms with Crippen LogP contribution in [0.15, 0.2) is 48.5 Å². The van der Waals surface area contributed by atoms with E-state index in [1.165, 1.54) is 4.90 Å². The molecule has 0 bridgehead atoms. The number of hydrogen-bond acceptors (Lipinski definition) is 6. The average molecular weight is 520 g/mol. The number of methoxy groups -OCH3 is 1. The fourth-order valence-electron chi connectivity index (χ4n) is 3.46. The topological polar surface area (TPSA) is 105 Å². The normalized spacial score (nSPS) is 12.8. The lowest BCUT2D eigenvalue weighted by atomic mass is 10.1. The summed E-state index contributed by atoms with van der Waals surface area (Å²) < 4.78 is 37.0. The highest BCUT2D eigenvalue weighted by Crippen LogP contribution is 2.23. The number of carbonyl (C=O) groups excluding carboxylic acids is 2. The highest BCUT2D eigenvalue weighted by molar-refractivity contribution is 7.92. The van der Waals surface area contributed by atoms with E-state index < -0.39 is 28.5 Å². The van der Waals surface area contributed by atoms with E-state index >= 15 is 0 Å². The summed E-state index contributed by atoms with van der Waals surface area (Å²) in [6.07, 6.45) is 1.79. The maximum atomic E-state index is 13.6. The summed E-state index contributed by atoms with van der Waals surface area (Å²) in [4.78, 5) is 27.9. The van der Waals surface area contributed by atoms with Crippen molar-refractivity contribution in [3.63, 3.8) is 0 Å². The van der Waals surface area contributed by atoms with Gasteiger partial charge in [0.2, 0.25) is 21.8 Å². The van der Waals surface area contributed by atoms with E-state index in [2.05, 4.69) is 5.32 Å². The van der Waals surface area contributed by atoms with Gasteiger partial charge in [-0.05, 0) is 69.2 Å². The smallest absolute Gasteiger partial charge is 0.244 e. The van der Waals surface area contributed by atoms with Gasteiger partial charge < -0.3 is 19.7 Å². The van der Waals surface area contributed by atoms with E-state index in [4.69, 9.17) is 9.47 Å². The molecule has 0 fully saturated rings. The molecule has 0 heterocycles. The molecule has 0 saturated heterocycles. The van der Waals surface area contributed by atoms with Crippen molar-refractivity contribution in [2.75, 3.05) is 30.8 Å². The molecule has 9 nitrogen and oxygen atoms in total. The Kier molecular flexibility index (Phi) is 10.6. The zero-order chi connectivity index (χ0) is 26.9. The summed E-state index contributed by atoms with van der Waals surface area (Å²) in [6.45, 7) is 7.48. The molecule has 1 N–H and O–H groups in total. The first-order chi connectivity index (χ1) is 17.0. The van der Waals surface area contributed by atoms with Crippen LogP contribution in [0.5, 0.6) is 11.5 Å². The van der Waals surface area contributed by atoms with Crippen molar-refractivity contribution < 1.29 is 27.5 Å². The average Bonchev–Trinajstić information content (AvgIpc) is 2.85. The molecular weight excluding hydrogens is 482 g/mol. The predicted molar refractivity (Wildman–Crippen MR) is 141 cm³/mol. The second-order valence-electron chi connectivity index (χ2n) is 8.56. The molecular formula is C26H37N3O6S. The minimum absolute atomic E-state index is 0.0609. The Bertz CT molecular complexity index is 1100. The molecule has 198 valence electrons. The number of rotatable bonds is 13. The van der Waals surface area contributed by atoms with Crippen molar-refractivity contribution in [2.45, 2.75) is 52.7 Å². The van der Waals surface area contributed by atoms with Crippen molar-refractivity contribution in [1.82, 2.24) is 10.2 Å². The summed E-state index contributed by atoms with van der Waals surface area (Å²) in [6, 6.07) is 12.7. The number of hydrogen-bond donors (Lipinski definition) is 1. The molecule has 0 spiro atoms. The van der Waals surface area contributed by atoms with E-state index in [1.54, 1.807) is 62.6 Å². The first-order valence-electron chi connectivity index (χ1n) is 11.9. The first-order valence-corrected chi connectivity index (χ1v) is 13.8. The van der Waals surface area contributed by atoms with Gasteiger partial charge in [0, 0.05) is 12.6 Å². The number of sulfonamides is 1. The third kappa shape index (κ3) is 8.15. The van der Waals surface area contributed by atoms with Gasteiger partial charge in [-0.15, -0.1) is 0 Å². The van der Waals surface area contributed by atoms with Gasteiger partial charge in [0.25, 0.3) is 0 Å². The quantitative estimate of drug-likeness (QED) is 0.436. The number of amides is 2. The Labute approximate surface area is 214 Å². The zero-order valence-electron chi connectivity index (χ0n) is 21.9. The lowest BCUT2D eigenvalue weighted by molar-refractivity contribution is -0.139. The standard InChI is InChI=1S/C26H37N3O6S/c1-7-19(3)27-26(31)20(4)28(17-21-9-13-23(34-5)14-10-21)25(30)18-29(36(6,32)33)22-11-15-24(16-12-22)35-8-2/h9-16,19-20H,7-8,17-18H2,1-6H3,(H,27,31)/t19-,20+/m1/s1. The molecule has 0 aliphatic carbocycles. The molecule has 2 amide bonds. The highest BCUT2D eigenvalue weighted by Gasteiger charge is 2.30. The molecule has 0 unspecified atom stereocenters. The van der Waals surface area contributed by atoms with Crippen LogP contribution in [-0.2, 0) is 26.2 Å². The van der Waals surface area contributed by atoms with Crippen molar-refractivity contribution in [1.29, 1.82) is 0 Å². The molecule has 2 aromatic carbocycles. The van der Waals surface area contributed by atoms with Crippen LogP contribution in [0.2, 0.25) is 0 Å². The second kappa shape index (κ2) is 13.2. The number of nitrogens with zero attached hydrogens (tertiary/aromatic N) is 2. The van der Waals surface area contributed by atoms with Gasteiger partial charge in [0.15, 0.2) is 0 Å². The molecule has 0 radical (unpaired) electrons. The van der Waals surface area contributed by atoms with Gasteiger partial charge in [-0.3, -0.25) is 13.9 Å². The van der Waals surface area contributed by atoms with Crippen molar-refractivity contribution in [3.05, 3.63) is 54.1 Å². The van der Waals surface area contributed by atoms with Crippen molar-refractivity contribution >= 4 is 27.5 Å². The Morgan fingerprint density at radius 2 is 1.56 bits per heavy atom. The fourth-order valence-corrected chi connectivity index (χ4v) is 4.31. The van der Waals surface area contributed by atoms with Crippen LogP contribution in [0.1, 0.15) is 39.7 Å². The SMILES string of the molecule is CCOc1ccc(N(CC(=O)N(Cc2ccc(OC)cc2)[C@@H](C)C(=O)N[C@H](C)CC)S(C)(=O)=O)cc1. The summed E-state index contributed by atoms with van der Waals surface area (Å²) in [5.74, 6) is 0.450. The number of ether oxygens (including phenoxy) is 2. The van der Waals surface area contributed by atoms with Gasteiger partial charge in [0.1, 0.15) is 24.1 Å². The summed E-state index contributed by atoms with van der Waals surface area (Å²) >= 11 is 0. The van der Waals surface area contributed by atoms with Gasteiger partial charge >= 0.3 is 0 Å². The maximum Gasteiger partial charge on any atom is 0.244 e. The van der Waals surface area contributed by atoms with Gasteiger partial charge in [0.05, 0.1) is 25.7 Å². The van der Waals surface area contributed by atoms with Gasteiger partial charge in [-0.1, -0.05) is 19.1 Å². The number of nitrogens with one attached hydrogen (secondary N) is 1. The van der Waals surface area contributed by atoms with E-state index in [0.717, 1.165) is 22.5 Å². The molecule has 0 aromatic heterocycles. The van der Waals surface area contributed by atoms with Crippen LogP contribution in [0.25, 0.3) is 0 Å². The predicted octanol–water partition coefficient (Wildman–Crippen LogP) is 3.19. The molecule has 10 heteroatoms. The number of carbonyl (C=O) groups is 2. The summed E-state index contributed by atoms with van der Waals surface area (Å²) in [5, 5.41) is 2.90. The van der Waals surface area contributed by atoms with Gasteiger partial charge in [-0.2, -0.15) is 0 Å². The Morgan fingerprint density at radius 1 is 0.972 bits per heavy atom.